The van der Waals surface area contributed by atoms with Crippen molar-refractivity contribution >= 4 is 28.7 Å². The van der Waals surface area contributed by atoms with E-state index in [0.717, 1.165) is 18.2 Å². The van der Waals surface area contributed by atoms with Gasteiger partial charge in [0.05, 0.1) is 16.8 Å². The first-order valence-electron chi connectivity index (χ1n) is 13.2. The van der Waals surface area contributed by atoms with Crippen LogP contribution in [0.5, 0.6) is 0 Å². The summed E-state index contributed by atoms with van der Waals surface area (Å²) < 4.78 is 60.3. The minimum atomic E-state index is -4.64. The zero-order valence-electron chi connectivity index (χ0n) is 23.6. The highest BCUT2D eigenvalue weighted by atomic mass is 19.4. The van der Waals surface area contributed by atoms with Crippen LogP contribution in [0.15, 0.2) is 65.8 Å². The number of hydrogen-bond donors (Lipinski definition) is 3. The van der Waals surface area contributed by atoms with Gasteiger partial charge in [-0.1, -0.05) is 44.6 Å². The van der Waals surface area contributed by atoms with Crippen LogP contribution in [0.4, 0.5) is 23.2 Å². The van der Waals surface area contributed by atoms with Gasteiger partial charge < -0.3 is 20.1 Å². The molecule has 0 fully saturated rings. The molecular weight excluding hydrogens is 582 g/mol. The van der Waals surface area contributed by atoms with Gasteiger partial charge in [0.15, 0.2) is 11.5 Å². The third-order valence-corrected chi connectivity index (χ3v) is 6.53. The van der Waals surface area contributed by atoms with E-state index in [1.54, 1.807) is 12.1 Å². The van der Waals surface area contributed by atoms with Crippen molar-refractivity contribution in [1.29, 1.82) is 0 Å². The van der Waals surface area contributed by atoms with Gasteiger partial charge in [-0.2, -0.15) is 18.2 Å². The lowest BCUT2D eigenvalue weighted by atomic mass is 9.96. The Balaban J connectivity index is 1.42. The Hall–Kier alpha value is -5.40. The quantitative estimate of drug-likeness (QED) is 0.148. The van der Waals surface area contributed by atoms with E-state index in [1.807, 2.05) is 20.8 Å². The number of nitrogens with zero attached hydrogens (tertiary/aromatic N) is 4. The predicted molar refractivity (Wildman–Crippen MR) is 153 cm³/mol. The van der Waals surface area contributed by atoms with Gasteiger partial charge in [0.1, 0.15) is 11.6 Å². The first-order chi connectivity index (χ1) is 20.7. The fourth-order valence-corrected chi connectivity index (χ4v) is 4.22. The van der Waals surface area contributed by atoms with E-state index >= 15 is 4.39 Å². The Morgan fingerprint density at radius 2 is 1.82 bits per heavy atom. The van der Waals surface area contributed by atoms with Gasteiger partial charge in [-0.3, -0.25) is 9.59 Å². The molecule has 2 aromatic carbocycles. The predicted octanol–water partition coefficient (Wildman–Crippen LogP) is 6.18. The van der Waals surface area contributed by atoms with Gasteiger partial charge in [-0.15, -0.1) is 0 Å². The molecule has 10 nitrogen and oxygen atoms in total. The van der Waals surface area contributed by atoms with Crippen molar-refractivity contribution in [3.8, 4) is 22.5 Å². The number of aromatic nitrogens is 5. The summed E-state index contributed by atoms with van der Waals surface area (Å²) in [5.41, 5.74) is 0.392. The third kappa shape index (κ3) is 6.19. The summed E-state index contributed by atoms with van der Waals surface area (Å²) in [5.74, 6) is -1.71. The number of nitrogens with one attached hydrogen (secondary N) is 3. The van der Waals surface area contributed by atoms with Crippen LogP contribution in [-0.2, 0) is 22.9 Å². The molecule has 5 aromatic rings. The minimum Gasteiger partial charge on any atom is -0.344 e. The maximum atomic E-state index is 15.2. The number of amides is 2. The van der Waals surface area contributed by atoms with E-state index < -0.39 is 34.8 Å². The average molecular weight is 608 g/mol. The molecule has 0 radical (unpaired) electrons. The molecule has 0 saturated heterocycles. The maximum absolute atomic E-state index is 15.2. The molecular formula is C30H25F4N7O3. The molecule has 0 bridgehead atoms. The molecule has 0 unspecified atom stereocenters. The Bertz CT molecular complexity index is 1900. The largest absolute Gasteiger partial charge is 0.416 e. The summed E-state index contributed by atoms with van der Waals surface area (Å²) in [6.07, 6.45) is -2.26. The first-order valence-corrected chi connectivity index (χ1v) is 13.2. The molecule has 0 aliphatic heterocycles. The lowest BCUT2D eigenvalue weighted by Gasteiger charge is -2.12. The van der Waals surface area contributed by atoms with Crippen molar-refractivity contribution < 1.29 is 31.7 Å². The van der Waals surface area contributed by atoms with Crippen molar-refractivity contribution in [1.82, 2.24) is 30.4 Å². The van der Waals surface area contributed by atoms with E-state index in [2.05, 4.69) is 42.3 Å². The van der Waals surface area contributed by atoms with Crippen LogP contribution in [0.2, 0.25) is 0 Å². The number of H-pyrrole nitrogens is 1. The molecule has 0 atom stereocenters. The molecule has 2 amide bonds. The Kier molecular flexibility index (Phi) is 7.76. The van der Waals surface area contributed by atoms with Crippen LogP contribution in [-0.4, -0.2) is 36.9 Å². The number of hydrogen-bond acceptors (Lipinski definition) is 7. The number of rotatable bonds is 7. The van der Waals surface area contributed by atoms with Crippen molar-refractivity contribution in [3.63, 3.8) is 0 Å². The number of imidazole rings is 1. The van der Waals surface area contributed by atoms with Crippen molar-refractivity contribution in [3.05, 3.63) is 90.0 Å². The maximum Gasteiger partial charge on any atom is 0.416 e. The van der Waals surface area contributed by atoms with Crippen molar-refractivity contribution in [2.45, 2.75) is 38.9 Å². The molecule has 226 valence electrons. The van der Waals surface area contributed by atoms with Crippen LogP contribution < -0.4 is 10.6 Å². The first kappa shape index (κ1) is 30.1. The van der Waals surface area contributed by atoms with Crippen LogP contribution in [0, 0.1) is 5.82 Å². The molecule has 0 saturated carbocycles. The standard InChI is InChI=1S/C30H25F4N7O3/c1-5-22(42)37-21-13-17(30(32,33)34)8-9-19(21)24-38-23-18(10-11-35-25(23)39-24)15-6-7-16(20(31)12-15)14-36-26(43)27-40-28(41-44-27)29(2,3)4/h5-13H,1,14H2,2-4H3,(H,36,43)(H,37,42)(H,35,38,39). The highest BCUT2D eigenvalue weighted by molar-refractivity contribution is 6.02. The average Bonchev–Trinajstić information content (AvgIpc) is 3.64. The number of alkyl halides is 3. The van der Waals surface area contributed by atoms with E-state index in [4.69, 9.17) is 4.52 Å². The smallest absolute Gasteiger partial charge is 0.344 e. The summed E-state index contributed by atoms with van der Waals surface area (Å²) in [4.78, 5) is 40.2. The number of carbonyl (C=O) groups excluding carboxylic acids is 2. The molecule has 0 aliphatic carbocycles. The lowest BCUT2D eigenvalue weighted by Crippen LogP contribution is -2.24. The molecule has 0 aliphatic rings. The van der Waals surface area contributed by atoms with Crippen LogP contribution in [0.25, 0.3) is 33.7 Å². The Labute approximate surface area is 247 Å². The Morgan fingerprint density at radius 3 is 2.48 bits per heavy atom. The highest BCUT2D eigenvalue weighted by Crippen LogP contribution is 2.37. The highest BCUT2D eigenvalue weighted by Gasteiger charge is 2.31. The number of halogens is 4. The summed E-state index contributed by atoms with van der Waals surface area (Å²) in [7, 11) is 0. The summed E-state index contributed by atoms with van der Waals surface area (Å²) in [6, 6.07) is 8.88. The zero-order valence-corrected chi connectivity index (χ0v) is 23.6. The molecule has 3 N–H and O–H groups in total. The van der Waals surface area contributed by atoms with E-state index in [-0.39, 0.29) is 40.7 Å². The Morgan fingerprint density at radius 1 is 1.05 bits per heavy atom. The van der Waals surface area contributed by atoms with E-state index in [1.165, 1.54) is 24.4 Å². The second-order valence-electron chi connectivity index (χ2n) is 10.8. The molecule has 0 spiro atoms. The summed E-state index contributed by atoms with van der Waals surface area (Å²) in [5, 5.41) is 8.75. The number of benzene rings is 2. The zero-order chi connectivity index (χ0) is 31.8. The number of anilines is 1. The van der Waals surface area contributed by atoms with Gasteiger partial charge in [-0.25, -0.2) is 14.4 Å². The molecule has 44 heavy (non-hydrogen) atoms. The van der Waals surface area contributed by atoms with E-state index in [9.17, 15) is 22.8 Å². The van der Waals surface area contributed by atoms with Crippen molar-refractivity contribution in [2.24, 2.45) is 0 Å². The second-order valence-corrected chi connectivity index (χ2v) is 10.8. The SMILES string of the molecule is C=CC(=O)Nc1cc(C(F)(F)F)ccc1-c1nc2nccc(-c3ccc(CNC(=O)c4nc(C(C)(C)C)no4)c(F)c3)c2[nH]1. The summed E-state index contributed by atoms with van der Waals surface area (Å²) >= 11 is 0. The van der Waals surface area contributed by atoms with Gasteiger partial charge in [0, 0.05) is 34.8 Å². The molecule has 3 aromatic heterocycles. The van der Waals surface area contributed by atoms with Gasteiger partial charge in [0.2, 0.25) is 5.91 Å². The molecule has 3 heterocycles. The van der Waals surface area contributed by atoms with E-state index in [0.29, 0.717) is 22.5 Å². The van der Waals surface area contributed by atoms with Crippen LogP contribution in [0.1, 0.15) is 48.4 Å². The number of carbonyl (C=O) groups is 2. The van der Waals surface area contributed by atoms with Crippen LogP contribution >= 0.6 is 0 Å². The number of pyridine rings is 1. The number of aromatic amines is 1. The number of fused-ring (bicyclic) bond motifs is 1. The van der Waals surface area contributed by atoms with Gasteiger partial charge >= 0.3 is 18.0 Å². The monoisotopic (exact) mass is 607 g/mol. The third-order valence-electron chi connectivity index (χ3n) is 6.53. The summed E-state index contributed by atoms with van der Waals surface area (Å²) in [6.45, 7) is 8.79. The van der Waals surface area contributed by atoms with Gasteiger partial charge in [0.25, 0.3) is 0 Å². The molecule has 5 rings (SSSR count). The lowest BCUT2D eigenvalue weighted by molar-refractivity contribution is -0.137. The second kappa shape index (κ2) is 11.4. The normalized spacial score (nSPS) is 11.9. The van der Waals surface area contributed by atoms with Gasteiger partial charge in [-0.05, 0) is 42.0 Å². The fraction of sp³-hybridized carbons (Fsp3) is 0.200. The van der Waals surface area contributed by atoms with Crippen molar-refractivity contribution in [2.75, 3.05) is 5.32 Å². The fourth-order valence-electron chi connectivity index (χ4n) is 4.22. The minimum absolute atomic E-state index is 0.128. The topological polar surface area (TPSA) is 139 Å². The molecule has 14 heteroatoms. The van der Waals surface area contributed by atoms with Crippen LogP contribution in [0.3, 0.4) is 0 Å².